The highest BCUT2D eigenvalue weighted by Crippen LogP contribution is 2.29. The van der Waals surface area contributed by atoms with Crippen LogP contribution in [0.2, 0.25) is 0 Å². The van der Waals surface area contributed by atoms with E-state index in [1.165, 1.54) is 68.1 Å². The molecule has 0 heterocycles. The summed E-state index contributed by atoms with van der Waals surface area (Å²) in [5.74, 6) is 1.56. The molecule has 2 aromatic rings. The van der Waals surface area contributed by atoms with Crippen LogP contribution in [0.5, 0.6) is 5.75 Å². The lowest BCUT2D eigenvalue weighted by atomic mass is 9.96. The molecule has 0 saturated heterocycles. The average molecular weight is 425 g/mol. The lowest BCUT2D eigenvalue weighted by Crippen LogP contribution is -2.29. The minimum absolute atomic E-state index is 0.324. The van der Waals surface area contributed by atoms with Crippen molar-refractivity contribution < 1.29 is 9.53 Å². The smallest absolute Gasteiger partial charge is 0.410 e. The van der Waals surface area contributed by atoms with Crippen LogP contribution in [-0.4, -0.2) is 43.1 Å². The van der Waals surface area contributed by atoms with Crippen molar-refractivity contribution in [3.05, 3.63) is 42.0 Å². The van der Waals surface area contributed by atoms with Gasteiger partial charge in [0.05, 0.1) is 0 Å². The van der Waals surface area contributed by atoms with Crippen LogP contribution in [0, 0.1) is 5.92 Å². The zero-order chi connectivity index (χ0) is 22.1. The van der Waals surface area contributed by atoms with Gasteiger partial charge in [0.1, 0.15) is 5.75 Å². The summed E-state index contributed by atoms with van der Waals surface area (Å²) in [4.78, 5) is 16.4. The summed E-state index contributed by atoms with van der Waals surface area (Å²) in [5.41, 5.74) is 1.10. The van der Waals surface area contributed by atoms with Gasteiger partial charge in [0.25, 0.3) is 0 Å². The molecule has 3 rings (SSSR count). The first-order chi connectivity index (χ1) is 15.1. The number of hydrogen-bond acceptors (Lipinski definition) is 3. The number of carbonyl (C=O) groups is 1. The van der Waals surface area contributed by atoms with Crippen LogP contribution in [0.15, 0.2) is 36.4 Å². The second-order valence-corrected chi connectivity index (χ2v) is 9.35. The molecule has 0 unspecified atom stereocenters. The van der Waals surface area contributed by atoms with Gasteiger partial charge in [-0.15, -0.1) is 0 Å². The molecule has 0 aromatic heterocycles. The van der Waals surface area contributed by atoms with Gasteiger partial charge < -0.3 is 9.64 Å². The SMILES string of the molecule is CCCCN(CCC1CCCCCC1)Cc1cc2ccccc2cc1OC(=O)N(C)C. The molecular formula is C27H40N2O2. The van der Waals surface area contributed by atoms with E-state index in [1.54, 1.807) is 14.1 Å². The quantitative estimate of drug-likeness (QED) is 0.412. The Morgan fingerprint density at radius 1 is 1.00 bits per heavy atom. The second kappa shape index (κ2) is 12.1. The summed E-state index contributed by atoms with van der Waals surface area (Å²) in [6.45, 7) is 5.30. The predicted molar refractivity (Wildman–Crippen MR) is 130 cm³/mol. The van der Waals surface area contributed by atoms with Gasteiger partial charge in [-0.05, 0) is 54.8 Å². The van der Waals surface area contributed by atoms with Gasteiger partial charge in [-0.2, -0.15) is 0 Å². The Balaban J connectivity index is 1.78. The Labute approximate surface area is 188 Å². The first-order valence-corrected chi connectivity index (χ1v) is 12.2. The zero-order valence-corrected chi connectivity index (χ0v) is 19.7. The Hall–Kier alpha value is -2.07. The van der Waals surface area contributed by atoms with Gasteiger partial charge >= 0.3 is 6.09 Å². The van der Waals surface area contributed by atoms with Crippen LogP contribution in [0.1, 0.15) is 70.3 Å². The van der Waals surface area contributed by atoms with E-state index in [-0.39, 0.29) is 6.09 Å². The maximum absolute atomic E-state index is 12.3. The van der Waals surface area contributed by atoms with Gasteiger partial charge in [0.15, 0.2) is 0 Å². The van der Waals surface area contributed by atoms with Gasteiger partial charge in [0, 0.05) is 26.2 Å². The van der Waals surface area contributed by atoms with Gasteiger partial charge in [-0.1, -0.05) is 76.1 Å². The van der Waals surface area contributed by atoms with Crippen molar-refractivity contribution in [1.82, 2.24) is 9.80 Å². The summed E-state index contributed by atoms with van der Waals surface area (Å²) in [7, 11) is 3.45. The van der Waals surface area contributed by atoms with Crippen LogP contribution < -0.4 is 4.74 Å². The Morgan fingerprint density at radius 3 is 2.32 bits per heavy atom. The molecule has 31 heavy (non-hydrogen) atoms. The van der Waals surface area contributed by atoms with Crippen molar-refractivity contribution in [3.63, 3.8) is 0 Å². The van der Waals surface area contributed by atoms with E-state index in [1.807, 2.05) is 12.1 Å². The molecule has 1 aliphatic carbocycles. The van der Waals surface area contributed by atoms with Crippen molar-refractivity contribution in [3.8, 4) is 5.75 Å². The molecule has 0 spiro atoms. The average Bonchev–Trinajstić information content (AvgIpc) is 3.04. The first-order valence-electron chi connectivity index (χ1n) is 12.2. The number of carbonyl (C=O) groups excluding carboxylic acids is 1. The lowest BCUT2D eigenvalue weighted by Gasteiger charge is -2.26. The first kappa shape index (κ1) is 23.6. The molecular weight excluding hydrogens is 384 g/mol. The molecule has 1 fully saturated rings. The Morgan fingerprint density at radius 2 is 1.68 bits per heavy atom. The van der Waals surface area contributed by atoms with E-state index >= 15 is 0 Å². The zero-order valence-electron chi connectivity index (χ0n) is 19.7. The normalized spacial score (nSPS) is 15.2. The van der Waals surface area contributed by atoms with Crippen LogP contribution in [0.25, 0.3) is 10.8 Å². The molecule has 0 atom stereocenters. The predicted octanol–water partition coefficient (Wildman–Crippen LogP) is 6.86. The van der Waals surface area contributed by atoms with Crippen molar-refractivity contribution in [2.45, 2.75) is 71.3 Å². The second-order valence-electron chi connectivity index (χ2n) is 9.35. The number of fused-ring (bicyclic) bond motifs is 1. The molecule has 4 heteroatoms. The van der Waals surface area contributed by atoms with E-state index in [0.29, 0.717) is 5.75 Å². The number of nitrogens with zero attached hydrogens (tertiary/aromatic N) is 2. The molecule has 0 bridgehead atoms. The molecule has 4 nitrogen and oxygen atoms in total. The molecule has 1 aliphatic rings. The molecule has 1 amide bonds. The van der Waals surface area contributed by atoms with Crippen LogP contribution in [0.3, 0.4) is 0 Å². The van der Waals surface area contributed by atoms with Crippen molar-refractivity contribution in [1.29, 1.82) is 0 Å². The Kier molecular flexibility index (Phi) is 9.20. The largest absolute Gasteiger partial charge is 0.414 e. The minimum Gasteiger partial charge on any atom is -0.410 e. The summed E-state index contributed by atoms with van der Waals surface area (Å²) >= 11 is 0. The lowest BCUT2D eigenvalue weighted by molar-refractivity contribution is 0.170. The van der Waals surface area contributed by atoms with Crippen molar-refractivity contribution in [2.75, 3.05) is 27.2 Å². The van der Waals surface area contributed by atoms with Crippen LogP contribution in [-0.2, 0) is 6.54 Å². The monoisotopic (exact) mass is 424 g/mol. The van der Waals surface area contributed by atoms with E-state index in [0.717, 1.165) is 36.5 Å². The highest BCUT2D eigenvalue weighted by molar-refractivity contribution is 5.86. The number of unbranched alkanes of at least 4 members (excludes halogenated alkanes) is 1. The van der Waals surface area contributed by atoms with E-state index in [2.05, 4.69) is 36.1 Å². The molecule has 170 valence electrons. The minimum atomic E-state index is -0.324. The maximum atomic E-state index is 12.3. The molecule has 0 N–H and O–H groups in total. The molecule has 0 radical (unpaired) electrons. The van der Waals surface area contributed by atoms with Gasteiger partial charge in [-0.25, -0.2) is 4.79 Å². The number of benzene rings is 2. The number of hydrogen-bond donors (Lipinski definition) is 0. The number of ether oxygens (including phenoxy) is 1. The van der Waals surface area contributed by atoms with Gasteiger partial charge in [-0.3, -0.25) is 4.90 Å². The summed E-state index contributed by atoms with van der Waals surface area (Å²) in [5, 5.41) is 2.30. The molecule has 0 aliphatic heterocycles. The third kappa shape index (κ3) is 7.24. The third-order valence-electron chi connectivity index (χ3n) is 6.54. The topological polar surface area (TPSA) is 32.8 Å². The van der Waals surface area contributed by atoms with Crippen molar-refractivity contribution >= 4 is 16.9 Å². The molecule has 1 saturated carbocycles. The number of rotatable bonds is 9. The number of amides is 1. The summed E-state index contributed by atoms with van der Waals surface area (Å²) < 4.78 is 5.79. The fourth-order valence-electron chi connectivity index (χ4n) is 4.58. The fraction of sp³-hybridized carbons (Fsp3) is 0.593. The highest BCUT2D eigenvalue weighted by Gasteiger charge is 2.18. The Bertz CT molecular complexity index is 825. The highest BCUT2D eigenvalue weighted by atomic mass is 16.6. The van der Waals surface area contributed by atoms with Gasteiger partial charge in [0.2, 0.25) is 0 Å². The molecule has 2 aromatic carbocycles. The van der Waals surface area contributed by atoms with E-state index < -0.39 is 0 Å². The van der Waals surface area contributed by atoms with E-state index in [9.17, 15) is 4.79 Å². The summed E-state index contributed by atoms with van der Waals surface area (Å²) in [6, 6.07) is 12.5. The fourth-order valence-corrected chi connectivity index (χ4v) is 4.58. The van der Waals surface area contributed by atoms with E-state index in [4.69, 9.17) is 4.74 Å². The standard InChI is InChI=1S/C27H40N2O2/c1-4-5-17-29(18-16-22-12-8-6-7-9-13-22)21-25-19-23-14-10-11-15-24(23)20-26(25)31-27(30)28(2)3/h10-11,14-15,19-20,22H,4-9,12-13,16-18,21H2,1-3H3. The van der Waals surface area contributed by atoms with Crippen LogP contribution in [0.4, 0.5) is 4.79 Å². The maximum Gasteiger partial charge on any atom is 0.414 e. The summed E-state index contributed by atoms with van der Waals surface area (Å²) in [6.07, 6.45) is 11.8. The van der Waals surface area contributed by atoms with Crippen molar-refractivity contribution in [2.24, 2.45) is 5.92 Å². The van der Waals surface area contributed by atoms with Crippen LogP contribution >= 0.6 is 0 Å². The third-order valence-corrected chi connectivity index (χ3v) is 6.54.